The number of rotatable bonds is 4. The first-order valence-electron chi connectivity index (χ1n) is 5.82. The fourth-order valence-corrected chi connectivity index (χ4v) is 1.67. The van der Waals surface area contributed by atoms with Crippen molar-refractivity contribution in [2.45, 2.75) is 20.0 Å². The van der Waals surface area contributed by atoms with Crippen molar-refractivity contribution in [1.82, 2.24) is 9.97 Å². The molecule has 0 aliphatic heterocycles. The van der Waals surface area contributed by atoms with Crippen molar-refractivity contribution in [3.05, 3.63) is 36.8 Å². The van der Waals surface area contributed by atoms with Gasteiger partial charge >= 0.3 is 0 Å². The Morgan fingerprint density at radius 2 is 2.00 bits per heavy atom. The van der Waals surface area contributed by atoms with Crippen molar-refractivity contribution in [2.75, 3.05) is 7.11 Å². The summed E-state index contributed by atoms with van der Waals surface area (Å²) in [7, 11) is 1.63. The highest BCUT2D eigenvalue weighted by Gasteiger charge is 2.09. The summed E-state index contributed by atoms with van der Waals surface area (Å²) >= 11 is 0. The van der Waals surface area contributed by atoms with Crippen LogP contribution in [0, 0.1) is 0 Å². The average Bonchev–Trinajstić information content (AvgIpc) is 2.39. The fraction of sp³-hybridized carbons (Fsp3) is 0.286. The van der Waals surface area contributed by atoms with E-state index in [9.17, 15) is 0 Å². The van der Waals surface area contributed by atoms with Crippen molar-refractivity contribution in [3.8, 4) is 22.8 Å². The minimum atomic E-state index is 0.136. The summed E-state index contributed by atoms with van der Waals surface area (Å²) < 4.78 is 11.0. The van der Waals surface area contributed by atoms with Gasteiger partial charge in [0.1, 0.15) is 11.5 Å². The standard InChI is InChI=1S/C14H16N2O2/c1-10(2)18-11-4-5-12(14(8-11)17-3)13-9-15-6-7-16-13/h4-10H,1-3H3. The van der Waals surface area contributed by atoms with Crippen LogP contribution in [0.5, 0.6) is 11.5 Å². The van der Waals surface area contributed by atoms with E-state index >= 15 is 0 Å². The Hall–Kier alpha value is -2.10. The molecule has 0 aliphatic rings. The maximum Gasteiger partial charge on any atom is 0.132 e. The molecule has 4 heteroatoms. The Morgan fingerprint density at radius 3 is 2.61 bits per heavy atom. The molecule has 0 atom stereocenters. The number of aromatic nitrogens is 2. The first-order valence-corrected chi connectivity index (χ1v) is 5.82. The van der Waals surface area contributed by atoms with E-state index in [2.05, 4.69) is 9.97 Å². The third-order valence-electron chi connectivity index (χ3n) is 2.38. The van der Waals surface area contributed by atoms with E-state index in [1.54, 1.807) is 25.7 Å². The summed E-state index contributed by atoms with van der Waals surface area (Å²) in [6.07, 6.45) is 5.15. The Bertz CT molecular complexity index is 512. The van der Waals surface area contributed by atoms with Gasteiger partial charge in [-0.05, 0) is 26.0 Å². The minimum absolute atomic E-state index is 0.136. The third-order valence-corrected chi connectivity index (χ3v) is 2.38. The summed E-state index contributed by atoms with van der Waals surface area (Å²) in [5, 5.41) is 0. The fourth-order valence-electron chi connectivity index (χ4n) is 1.67. The second-order valence-electron chi connectivity index (χ2n) is 4.12. The predicted molar refractivity (Wildman–Crippen MR) is 69.8 cm³/mol. The molecule has 0 bridgehead atoms. The molecule has 1 aromatic carbocycles. The van der Waals surface area contributed by atoms with Crippen molar-refractivity contribution in [2.24, 2.45) is 0 Å². The number of methoxy groups -OCH3 is 1. The van der Waals surface area contributed by atoms with Crippen LogP contribution < -0.4 is 9.47 Å². The molecule has 94 valence electrons. The van der Waals surface area contributed by atoms with Crippen LogP contribution in [0.2, 0.25) is 0 Å². The lowest BCUT2D eigenvalue weighted by Gasteiger charge is -2.13. The molecule has 0 saturated carbocycles. The van der Waals surface area contributed by atoms with E-state index < -0.39 is 0 Å². The molecule has 0 saturated heterocycles. The number of benzene rings is 1. The zero-order valence-corrected chi connectivity index (χ0v) is 10.8. The molecule has 0 radical (unpaired) electrons. The van der Waals surface area contributed by atoms with E-state index in [1.807, 2.05) is 32.0 Å². The Morgan fingerprint density at radius 1 is 1.17 bits per heavy atom. The number of hydrogen-bond acceptors (Lipinski definition) is 4. The van der Waals surface area contributed by atoms with Crippen LogP contribution in [0.15, 0.2) is 36.8 Å². The van der Waals surface area contributed by atoms with Gasteiger partial charge in [0.15, 0.2) is 0 Å². The van der Waals surface area contributed by atoms with Gasteiger partial charge in [0.25, 0.3) is 0 Å². The van der Waals surface area contributed by atoms with Crippen molar-refractivity contribution >= 4 is 0 Å². The lowest BCUT2D eigenvalue weighted by molar-refractivity contribution is 0.241. The third kappa shape index (κ3) is 2.77. The number of ether oxygens (including phenoxy) is 2. The average molecular weight is 244 g/mol. The van der Waals surface area contributed by atoms with Gasteiger partial charge in [-0.1, -0.05) is 0 Å². The van der Waals surface area contributed by atoms with Crippen molar-refractivity contribution < 1.29 is 9.47 Å². The first-order chi connectivity index (χ1) is 8.70. The quantitative estimate of drug-likeness (QED) is 0.829. The van der Waals surface area contributed by atoms with Crippen LogP contribution in [-0.2, 0) is 0 Å². The molecule has 2 aromatic rings. The summed E-state index contributed by atoms with van der Waals surface area (Å²) in [6.45, 7) is 3.98. The normalized spacial score (nSPS) is 10.4. The molecule has 1 heterocycles. The molecule has 0 amide bonds. The Balaban J connectivity index is 2.38. The zero-order chi connectivity index (χ0) is 13.0. The zero-order valence-electron chi connectivity index (χ0n) is 10.8. The van der Waals surface area contributed by atoms with Crippen LogP contribution in [0.25, 0.3) is 11.3 Å². The lowest BCUT2D eigenvalue weighted by Crippen LogP contribution is -2.05. The van der Waals surface area contributed by atoms with E-state index in [1.165, 1.54) is 0 Å². The van der Waals surface area contributed by atoms with Gasteiger partial charge in [-0.3, -0.25) is 9.97 Å². The summed E-state index contributed by atoms with van der Waals surface area (Å²) in [6, 6.07) is 5.71. The molecule has 4 nitrogen and oxygen atoms in total. The van der Waals surface area contributed by atoms with Gasteiger partial charge in [0.05, 0.1) is 25.1 Å². The van der Waals surface area contributed by atoms with Gasteiger partial charge in [-0.15, -0.1) is 0 Å². The minimum Gasteiger partial charge on any atom is -0.496 e. The van der Waals surface area contributed by atoms with E-state index in [-0.39, 0.29) is 6.10 Å². The summed E-state index contributed by atoms with van der Waals surface area (Å²) in [5.74, 6) is 1.52. The molecule has 0 N–H and O–H groups in total. The van der Waals surface area contributed by atoms with Gasteiger partial charge in [-0.2, -0.15) is 0 Å². The van der Waals surface area contributed by atoms with Crippen LogP contribution in [0.4, 0.5) is 0 Å². The van der Waals surface area contributed by atoms with E-state index in [0.29, 0.717) is 0 Å². The maximum absolute atomic E-state index is 5.63. The smallest absolute Gasteiger partial charge is 0.132 e. The highest BCUT2D eigenvalue weighted by Crippen LogP contribution is 2.32. The van der Waals surface area contributed by atoms with Crippen LogP contribution in [-0.4, -0.2) is 23.2 Å². The van der Waals surface area contributed by atoms with Gasteiger partial charge in [-0.25, -0.2) is 0 Å². The summed E-state index contributed by atoms with van der Waals surface area (Å²) in [5.41, 5.74) is 1.69. The molecule has 0 fully saturated rings. The van der Waals surface area contributed by atoms with Crippen LogP contribution in [0.1, 0.15) is 13.8 Å². The maximum atomic E-state index is 5.63. The second-order valence-corrected chi connectivity index (χ2v) is 4.12. The monoisotopic (exact) mass is 244 g/mol. The predicted octanol–water partition coefficient (Wildman–Crippen LogP) is 2.94. The molecule has 2 rings (SSSR count). The number of hydrogen-bond donors (Lipinski definition) is 0. The van der Waals surface area contributed by atoms with Gasteiger partial charge in [0, 0.05) is 24.0 Å². The molecule has 1 aromatic heterocycles. The van der Waals surface area contributed by atoms with Gasteiger partial charge in [0.2, 0.25) is 0 Å². The highest BCUT2D eigenvalue weighted by atomic mass is 16.5. The molecule has 0 spiro atoms. The Labute approximate surface area is 107 Å². The van der Waals surface area contributed by atoms with E-state index in [4.69, 9.17) is 9.47 Å². The molecule has 0 unspecified atom stereocenters. The highest BCUT2D eigenvalue weighted by molar-refractivity contribution is 5.67. The Kier molecular flexibility index (Phi) is 3.77. The second kappa shape index (κ2) is 5.49. The van der Waals surface area contributed by atoms with Crippen molar-refractivity contribution in [1.29, 1.82) is 0 Å². The van der Waals surface area contributed by atoms with E-state index in [0.717, 1.165) is 22.8 Å². The van der Waals surface area contributed by atoms with Crippen LogP contribution >= 0.6 is 0 Å². The molecule has 18 heavy (non-hydrogen) atoms. The summed E-state index contributed by atoms with van der Waals surface area (Å²) in [4.78, 5) is 8.32. The topological polar surface area (TPSA) is 44.2 Å². The molecular weight excluding hydrogens is 228 g/mol. The largest absolute Gasteiger partial charge is 0.496 e. The number of nitrogens with zero attached hydrogens (tertiary/aromatic N) is 2. The lowest BCUT2D eigenvalue weighted by atomic mass is 10.1. The van der Waals surface area contributed by atoms with Crippen LogP contribution in [0.3, 0.4) is 0 Å². The SMILES string of the molecule is COc1cc(OC(C)C)ccc1-c1cnccn1. The van der Waals surface area contributed by atoms with Crippen molar-refractivity contribution in [3.63, 3.8) is 0 Å². The van der Waals surface area contributed by atoms with Gasteiger partial charge < -0.3 is 9.47 Å². The molecule has 0 aliphatic carbocycles. The molecular formula is C14H16N2O2. The first kappa shape index (κ1) is 12.4.